The molecule has 1 aliphatic heterocycles. The lowest BCUT2D eigenvalue weighted by Crippen LogP contribution is -2.36. The number of methoxy groups -OCH3 is 1. The lowest BCUT2D eigenvalue weighted by Gasteiger charge is -2.27. The molecule has 1 amide bonds. The molecule has 0 bridgehead atoms. The van der Waals surface area contributed by atoms with Crippen LogP contribution in [0.5, 0.6) is 5.75 Å². The summed E-state index contributed by atoms with van der Waals surface area (Å²) in [5.74, 6) is -0.222. The fourth-order valence-corrected chi connectivity index (χ4v) is 6.92. The molecule has 1 aliphatic rings. The van der Waals surface area contributed by atoms with Gasteiger partial charge in [0.1, 0.15) is 10.6 Å². The molecule has 0 aromatic heterocycles. The summed E-state index contributed by atoms with van der Waals surface area (Å²) in [7, 11) is -6.29. The van der Waals surface area contributed by atoms with Crippen molar-refractivity contribution in [3.8, 4) is 5.75 Å². The Bertz CT molecular complexity index is 1550. The summed E-state index contributed by atoms with van der Waals surface area (Å²) < 4.78 is 61.6. The van der Waals surface area contributed by atoms with Gasteiger partial charge in [-0.3, -0.25) is 9.52 Å². The van der Waals surface area contributed by atoms with Crippen molar-refractivity contribution in [3.63, 3.8) is 0 Å². The molecule has 0 atom stereocenters. The Labute approximate surface area is 223 Å². The molecule has 0 unspecified atom stereocenters. The van der Waals surface area contributed by atoms with Crippen LogP contribution < -0.4 is 14.8 Å². The number of nitrogens with zero attached hydrogens (tertiary/aromatic N) is 1. The predicted octanol–water partition coefficient (Wildman–Crippen LogP) is 4.54. The molecule has 3 aromatic carbocycles. The molecule has 1 fully saturated rings. The van der Waals surface area contributed by atoms with Crippen molar-refractivity contribution >= 4 is 37.3 Å². The van der Waals surface area contributed by atoms with E-state index >= 15 is 0 Å². The Hall–Kier alpha value is -3.41. The van der Waals surface area contributed by atoms with Gasteiger partial charge in [0, 0.05) is 30.4 Å². The Morgan fingerprint density at radius 1 is 0.842 bits per heavy atom. The lowest BCUT2D eigenvalue weighted by molar-refractivity contribution is 0.102. The van der Waals surface area contributed by atoms with Crippen molar-refractivity contribution < 1.29 is 26.4 Å². The summed E-state index contributed by atoms with van der Waals surface area (Å²) in [5.41, 5.74) is 2.74. The highest BCUT2D eigenvalue weighted by Crippen LogP contribution is 2.31. The van der Waals surface area contributed by atoms with E-state index in [2.05, 4.69) is 10.0 Å². The van der Waals surface area contributed by atoms with E-state index in [1.54, 1.807) is 18.2 Å². The summed E-state index contributed by atoms with van der Waals surface area (Å²) in [6, 6.07) is 15.1. The third kappa shape index (κ3) is 6.01. The molecule has 3 aromatic rings. The summed E-state index contributed by atoms with van der Waals surface area (Å²) in [4.78, 5) is 13.0. The van der Waals surface area contributed by atoms with Gasteiger partial charge in [-0.05, 0) is 86.3 Å². The van der Waals surface area contributed by atoms with Gasteiger partial charge >= 0.3 is 0 Å². The van der Waals surface area contributed by atoms with Gasteiger partial charge < -0.3 is 10.1 Å². The minimum Gasteiger partial charge on any atom is -0.497 e. The summed E-state index contributed by atoms with van der Waals surface area (Å²) in [6.07, 6.45) is 2.52. The second kappa shape index (κ2) is 11.1. The number of benzene rings is 3. The van der Waals surface area contributed by atoms with Crippen LogP contribution in [0.4, 0.5) is 11.4 Å². The number of carbonyl (C=O) groups excluding carboxylic acids is 1. The molecule has 4 rings (SSSR count). The number of piperidine rings is 1. The van der Waals surface area contributed by atoms with Crippen LogP contribution in [0.3, 0.4) is 0 Å². The maximum atomic E-state index is 13.4. The van der Waals surface area contributed by atoms with Gasteiger partial charge in [-0.15, -0.1) is 0 Å². The zero-order valence-corrected chi connectivity index (χ0v) is 23.2. The van der Waals surface area contributed by atoms with Gasteiger partial charge in [0.15, 0.2) is 0 Å². The maximum Gasteiger partial charge on any atom is 0.261 e. The van der Waals surface area contributed by atoms with E-state index in [4.69, 9.17) is 4.74 Å². The van der Waals surface area contributed by atoms with Gasteiger partial charge in [0.25, 0.3) is 15.9 Å². The first-order valence-corrected chi connectivity index (χ1v) is 15.1. The molecule has 38 heavy (non-hydrogen) atoms. The Kier molecular flexibility index (Phi) is 8.10. The van der Waals surface area contributed by atoms with E-state index in [1.807, 2.05) is 19.9 Å². The van der Waals surface area contributed by atoms with Crippen LogP contribution in [-0.4, -0.2) is 47.2 Å². The van der Waals surface area contributed by atoms with Crippen LogP contribution in [0.15, 0.2) is 70.5 Å². The SMILES string of the molecule is COc1ccc(NC(=O)c2ccc(S(=O)(=O)Nc3ccc(C)c(C)c3)cc2)c(S(=O)(=O)N2CCCCC2)c1. The fraction of sp³-hybridized carbons (Fsp3) is 0.296. The highest BCUT2D eigenvalue weighted by molar-refractivity contribution is 7.92. The van der Waals surface area contributed by atoms with Gasteiger partial charge in [-0.2, -0.15) is 4.31 Å². The number of sulfonamides is 2. The van der Waals surface area contributed by atoms with Gasteiger partial charge in [0.05, 0.1) is 17.7 Å². The number of aryl methyl sites for hydroxylation is 2. The molecule has 0 saturated carbocycles. The third-order valence-corrected chi connectivity index (χ3v) is 9.89. The van der Waals surface area contributed by atoms with Gasteiger partial charge in [-0.25, -0.2) is 16.8 Å². The van der Waals surface area contributed by atoms with E-state index in [9.17, 15) is 21.6 Å². The average molecular weight is 558 g/mol. The van der Waals surface area contributed by atoms with Crippen LogP contribution in [0, 0.1) is 13.8 Å². The van der Waals surface area contributed by atoms with Gasteiger partial charge in [-0.1, -0.05) is 12.5 Å². The van der Waals surface area contributed by atoms with E-state index in [0.717, 1.165) is 30.4 Å². The van der Waals surface area contributed by atoms with Crippen molar-refractivity contribution in [3.05, 3.63) is 77.4 Å². The fourth-order valence-electron chi connectivity index (χ4n) is 4.19. The number of carbonyl (C=O) groups is 1. The number of nitrogens with one attached hydrogen (secondary N) is 2. The van der Waals surface area contributed by atoms with Crippen molar-refractivity contribution in [2.45, 2.75) is 42.9 Å². The molecule has 0 aliphatic carbocycles. The minimum atomic E-state index is -3.87. The predicted molar refractivity (Wildman–Crippen MR) is 147 cm³/mol. The molecule has 2 N–H and O–H groups in total. The number of hydrogen-bond acceptors (Lipinski definition) is 6. The maximum absolute atomic E-state index is 13.4. The van der Waals surface area contributed by atoms with Crippen molar-refractivity contribution in [2.24, 2.45) is 0 Å². The number of rotatable bonds is 8. The molecular formula is C27H31N3O6S2. The molecule has 0 radical (unpaired) electrons. The second-order valence-corrected chi connectivity index (χ2v) is 12.8. The van der Waals surface area contributed by atoms with Crippen LogP contribution >= 0.6 is 0 Å². The van der Waals surface area contributed by atoms with E-state index < -0.39 is 26.0 Å². The first-order valence-electron chi connectivity index (χ1n) is 12.2. The second-order valence-electron chi connectivity index (χ2n) is 9.21. The monoisotopic (exact) mass is 557 g/mol. The minimum absolute atomic E-state index is 0.00918. The van der Waals surface area contributed by atoms with Crippen molar-refractivity contribution in [2.75, 3.05) is 30.2 Å². The first kappa shape index (κ1) is 27.6. The average Bonchev–Trinajstić information content (AvgIpc) is 2.91. The number of anilines is 2. The number of hydrogen-bond donors (Lipinski definition) is 2. The van der Waals surface area contributed by atoms with E-state index in [-0.39, 0.29) is 21.0 Å². The Morgan fingerprint density at radius 2 is 1.53 bits per heavy atom. The number of amides is 1. The highest BCUT2D eigenvalue weighted by Gasteiger charge is 2.29. The molecule has 1 saturated heterocycles. The topological polar surface area (TPSA) is 122 Å². The Balaban J connectivity index is 1.55. The van der Waals surface area contributed by atoms with Crippen LogP contribution in [0.25, 0.3) is 0 Å². The molecule has 0 spiro atoms. The smallest absolute Gasteiger partial charge is 0.261 e. The summed E-state index contributed by atoms with van der Waals surface area (Å²) in [5, 5.41) is 2.67. The normalized spacial score (nSPS) is 14.6. The summed E-state index contributed by atoms with van der Waals surface area (Å²) >= 11 is 0. The summed E-state index contributed by atoms with van der Waals surface area (Å²) in [6.45, 7) is 4.67. The molecule has 1 heterocycles. The molecule has 9 nitrogen and oxygen atoms in total. The number of ether oxygens (including phenoxy) is 1. The van der Waals surface area contributed by atoms with Crippen LogP contribution in [0.2, 0.25) is 0 Å². The quantitative estimate of drug-likeness (QED) is 0.419. The van der Waals surface area contributed by atoms with Gasteiger partial charge in [0.2, 0.25) is 10.0 Å². The zero-order valence-electron chi connectivity index (χ0n) is 21.5. The zero-order chi connectivity index (χ0) is 27.5. The highest BCUT2D eigenvalue weighted by atomic mass is 32.2. The van der Waals surface area contributed by atoms with Crippen molar-refractivity contribution in [1.29, 1.82) is 0 Å². The Morgan fingerprint density at radius 3 is 2.16 bits per heavy atom. The largest absolute Gasteiger partial charge is 0.497 e. The van der Waals surface area contributed by atoms with Crippen molar-refractivity contribution in [1.82, 2.24) is 4.31 Å². The lowest BCUT2D eigenvalue weighted by atomic mass is 10.1. The van der Waals surface area contributed by atoms with E-state index in [1.165, 1.54) is 47.8 Å². The van der Waals surface area contributed by atoms with Crippen LogP contribution in [-0.2, 0) is 20.0 Å². The molecule has 11 heteroatoms. The van der Waals surface area contributed by atoms with Crippen LogP contribution in [0.1, 0.15) is 40.7 Å². The molecular weight excluding hydrogens is 526 g/mol. The third-order valence-electron chi connectivity index (χ3n) is 6.56. The molecule has 202 valence electrons. The van der Waals surface area contributed by atoms with E-state index in [0.29, 0.717) is 24.5 Å². The first-order chi connectivity index (χ1) is 18.0. The standard InChI is InChI=1S/C27H31N3O6S2/c1-19-7-10-22(17-20(19)2)29-37(32,33)24-12-8-21(9-13-24)27(31)28-25-14-11-23(36-3)18-26(25)38(34,35)30-15-5-4-6-16-30/h7-14,17-18,29H,4-6,15-16H2,1-3H3,(H,28,31).